The first-order chi connectivity index (χ1) is 9.40. The summed E-state index contributed by atoms with van der Waals surface area (Å²) in [6.07, 6.45) is 0.0675. The summed E-state index contributed by atoms with van der Waals surface area (Å²) >= 11 is 12.0. The lowest BCUT2D eigenvalue weighted by atomic mass is 10.1. The molecule has 0 spiro atoms. The first-order valence-electron chi connectivity index (χ1n) is 6.29. The number of halogens is 2. The van der Waals surface area contributed by atoms with Crippen LogP contribution < -0.4 is 5.32 Å². The summed E-state index contributed by atoms with van der Waals surface area (Å²) in [4.78, 5) is 23.0. The second-order valence-corrected chi connectivity index (χ2v) is 5.33. The predicted octanol–water partition coefficient (Wildman–Crippen LogP) is 2.99. The Morgan fingerprint density at radius 1 is 1.25 bits per heavy atom. The first-order valence-corrected chi connectivity index (χ1v) is 7.04. The van der Waals surface area contributed by atoms with Crippen LogP contribution in [-0.2, 0) is 20.7 Å². The normalized spacial score (nSPS) is 10.4. The fourth-order valence-corrected chi connectivity index (χ4v) is 2.08. The van der Waals surface area contributed by atoms with Gasteiger partial charge in [-0.05, 0) is 31.5 Å². The third-order valence-electron chi connectivity index (χ3n) is 2.42. The topological polar surface area (TPSA) is 55.4 Å². The number of benzene rings is 1. The molecule has 0 fully saturated rings. The SMILES string of the molecule is CC(C)OC(=O)CCNC(=O)Cc1c(Cl)cccc1Cl. The van der Waals surface area contributed by atoms with Gasteiger partial charge in [0.15, 0.2) is 0 Å². The molecule has 1 aromatic rings. The van der Waals surface area contributed by atoms with Crippen LogP contribution in [-0.4, -0.2) is 24.5 Å². The Morgan fingerprint density at radius 3 is 2.40 bits per heavy atom. The van der Waals surface area contributed by atoms with Gasteiger partial charge in [0.05, 0.1) is 18.9 Å². The molecular weight excluding hydrogens is 301 g/mol. The van der Waals surface area contributed by atoms with Crippen LogP contribution in [0.2, 0.25) is 10.0 Å². The fraction of sp³-hybridized carbons (Fsp3) is 0.429. The molecule has 1 N–H and O–H groups in total. The highest BCUT2D eigenvalue weighted by atomic mass is 35.5. The van der Waals surface area contributed by atoms with E-state index in [-0.39, 0.29) is 37.4 Å². The minimum Gasteiger partial charge on any atom is -0.463 e. The maximum Gasteiger partial charge on any atom is 0.307 e. The van der Waals surface area contributed by atoms with Crippen molar-refractivity contribution in [3.05, 3.63) is 33.8 Å². The summed E-state index contributed by atoms with van der Waals surface area (Å²) < 4.78 is 4.96. The number of amides is 1. The molecule has 4 nitrogen and oxygen atoms in total. The van der Waals surface area contributed by atoms with Crippen molar-refractivity contribution in [3.63, 3.8) is 0 Å². The molecule has 20 heavy (non-hydrogen) atoms. The number of esters is 1. The second kappa shape index (κ2) is 8.12. The smallest absolute Gasteiger partial charge is 0.307 e. The third kappa shape index (κ3) is 5.80. The fourth-order valence-electron chi connectivity index (χ4n) is 1.55. The Kier molecular flexibility index (Phi) is 6.82. The summed E-state index contributed by atoms with van der Waals surface area (Å²) in [5.74, 6) is -0.576. The zero-order chi connectivity index (χ0) is 15.1. The van der Waals surface area contributed by atoms with Crippen LogP contribution in [0.3, 0.4) is 0 Å². The van der Waals surface area contributed by atoms with Crippen LogP contribution in [0.4, 0.5) is 0 Å². The molecule has 1 rings (SSSR count). The number of nitrogens with one attached hydrogen (secondary N) is 1. The number of carbonyl (C=O) groups excluding carboxylic acids is 2. The van der Waals surface area contributed by atoms with E-state index in [0.29, 0.717) is 15.6 Å². The average molecular weight is 318 g/mol. The van der Waals surface area contributed by atoms with Gasteiger partial charge in [-0.15, -0.1) is 0 Å². The number of hydrogen-bond acceptors (Lipinski definition) is 3. The second-order valence-electron chi connectivity index (χ2n) is 4.52. The minimum atomic E-state index is -0.337. The monoisotopic (exact) mass is 317 g/mol. The van der Waals surface area contributed by atoms with Gasteiger partial charge in [-0.25, -0.2) is 0 Å². The van der Waals surface area contributed by atoms with Gasteiger partial charge >= 0.3 is 5.97 Å². The zero-order valence-electron chi connectivity index (χ0n) is 11.4. The van der Waals surface area contributed by atoms with Gasteiger partial charge in [-0.1, -0.05) is 29.3 Å². The number of ether oxygens (including phenoxy) is 1. The largest absolute Gasteiger partial charge is 0.463 e. The van der Waals surface area contributed by atoms with E-state index in [9.17, 15) is 9.59 Å². The van der Waals surface area contributed by atoms with Crippen LogP contribution in [0.15, 0.2) is 18.2 Å². The minimum absolute atomic E-state index is 0.0811. The molecule has 0 heterocycles. The molecule has 0 aliphatic carbocycles. The average Bonchev–Trinajstić information content (AvgIpc) is 2.33. The van der Waals surface area contributed by atoms with E-state index in [2.05, 4.69) is 5.32 Å². The van der Waals surface area contributed by atoms with Gasteiger partial charge in [0, 0.05) is 16.6 Å². The maximum atomic E-state index is 11.7. The highest BCUT2D eigenvalue weighted by molar-refractivity contribution is 6.36. The van der Waals surface area contributed by atoms with Crippen molar-refractivity contribution in [2.45, 2.75) is 32.8 Å². The molecule has 0 saturated heterocycles. The van der Waals surface area contributed by atoms with Crippen LogP contribution in [0.5, 0.6) is 0 Å². The molecule has 110 valence electrons. The lowest BCUT2D eigenvalue weighted by Crippen LogP contribution is -2.28. The van der Waals surface area contributed by atoms with Gasteiger partial charge in [-0.2, -0.15) is 0 Å². The van der Waals surface area contributed by atoms with E-state index < -0.39 is 0 Å². The summed E-state index contributed by atoms with van der Waals surface area (Å²) in [6, 6.07) is 5.07. The summed E-state index contributed by atoms with van der Waals surface area (Å²) in [5, 5.41) is 3.53. The lowest BCUT2D eigenvalue weighted by Gasteiger charge is -2.09. The molecule has 0 aromatic heterocycles. The van der Waals surface area contributed by atoms with Crippen molar-refractivity contribution in [2.24, 2.45) is 0 Å². The Labute approximate surface area is 128 Å². The molecule has 0 radical (unpaired) electrons. The maximum absolute atomic E-state index is 11.7. The number of hydrogen-bond donors (Lipinski definition) is 1. The quantitative estimate of drug-likeness (QED) is 0.820. The van der Waals surface area contributed by atoms with E-state index in [4.69, 9.17) is 27.9 Å². The lowest BCUT2D eigenvalue weighted by molar-refractivity contribution is -0.147. The molecule has 6 heteroatoms. The molecular formula is C14H17Cl2NO3. The van der Waals surface area contributed by atoms with Crippen molar-refractivity contribution in [1.29, 1.82) is 0 Å². The van der Waals surface area contributed by atoms with Gasteiger partial charge in [0.2, 0.25) is 5.91 Å². The van der Waals surface area contributed by atoms with E-state index in [0.717, 1.165) is 0 Å². The van der Waals surface area contributed by atoms with Crippen molar-refractivity contribution in [3.8, 4) is 0 Å². The van der Waals surface area contributed by atoms with Crippen molar-refractivity contribution < 1.29 is 14.3 Å². The van der Waals surface area contributed by atoms with Crippen LogP contribution in [0, 0.1) is 0 Å². The predicted molar refractivity (Wildman–Crippen MR) is 79.0 cm³/mol. The summed E-state index contributed by atoms with van der Waals surface area (Å²) in [5.41, 5.74) is 0.582. The van der Waals surface area contributed by atoms with Gasteiger partial charge in [-0.3, -0.25) is 9.59 Å². The van der Waals surface area contributed by atoms with Crippen molar-refractivity contribution >= 4 is 35.1 Å². The van der Waals surface area contributed by atoms with Crippen LogP contribution in [0.1, 0.15) is 25.8 Å². The molecule has 1 amide bonds. The Hall–Kier alpha value is -1.26. The van der Waals surface area contributed by atoms with E-state index in [1.165, 1.54) is 0 Å². The molecule has 0 saturated carbocycles. The van der Waals surface area contributed by atoms with Crippen LogP contribution >= 0.6 is 23.2 Å². The van der Waals surface area contributed by atoms with Gasteiger partial charge in [0.25, 0.3) is 0 Å². The Balaban J connectivity index is 2.39. The van der Waals surface area contributed by atoms with Crippen molar-refractivity contribution in [2.75, 3.05) is 6.54 Å². The summed E-state index contributed by atoms with van der Waals surface area (Å²) in [7, 11) is 0. The van der Waals surface area contributed by atoms with Crippen LogP contribution in [0.25, 0.3) is 0 Å². The van der Waals surface area contributed by atoms with Crippen molar-refractivity contribution in [1.82, 2.24) is 5.32 Å². The molecule has 0 bridgehead atoms. The highest BCUT2D eigenvalue weighted by Gasteiger charge is 2.11. The summed E-state index contributed by atoms with van der Waals surface area (Å²) in [6.45, 7) is 3.78. The molecule has 0 atom stereocenters. The first kappa shape index (κ1) is 16.8. The van der Waals surface area contributed by atoms with Gasteiger partial charge in [0.1, 0.15) is 0 Å². The molecule has 0 aliphatic rings. The van der Waals surface area contributed by atoms with Gasteiger partial charge < -0.3 is 10.1 Å². The van der Waals surface area contributed by atoms with E-state index in [1.807, 2.05) is 0 Å². The standard InChI is InChI=1S/C14H17Cl2NO3/c1-9(2)20-14(19)6-7-17-13(18)8-10-11(15)4-3-5-12(10)16/h3-5,9H,6-8H2,1-2H3,(H,17,18). The third-order valence-corrected chi connectivity index (χ3v) is 3.13. The van der Waals surface area contributed by atoms with E-state index >= 15 is 0 Å². The molecule has 0 aliphatic heterocycles. The number of rotatable bonds is 6. The zero-order valence-corrected chi connectivity index (χ0v) is 12.9. The molecule has 1 aromatic carbocycles. The Morgan fingerprint density at radius 2 is 1.85 bits per heavy atom. The molecule has 0 unspecified atom stereocenters. The van der Waals surface area contributed by atoms with E-state index in [1.54, 1.807) is 32.0 Å². The Bertz CT molecular complexity index is 469. The number of carbonyl (C=O) groups is 2. The highest BCUT2D eigenvalue weighted by Crippen LogP contribution is 2.24.